The van der Waals surface area contributed by atoms with Crippen LogP contribution in [0.15, 0.2) is 42.2 Å². The maximum Gasteiger partial charge on any atom is 0.534 e. The molecular formula is C21H26F3NO6S. The van der Waals surface area contributed by atoms with Gasteiger partial charge in [-0.2, -0.15) is 21.6 Å². The van der Waals surface area contributed by atoms with E-state index in [0.717, 1.165) is 43.8 Å². The van der Waals surface area contributed by atoms with Crippen LogP contribution in [0.1, 0.15) is 44.1 Å². The zero-order valence-electron chi connectivity index (χ0n) is 17.7. The highest BCUT2D eigenvalue weighted by molar-refractivity contribution is 7.87. The van der Waals surface area contributed by atoms with Gasteiger partial charge in [0, 0.05) is 0 Å². The fourth-order valence-electron chi connectivity index (χ4n) is 4.18. The van der Waals surface area contributed by atoms with E-state index in [1.807, 2.05) is 18.2 Å². The van der Waals surface area contributed by atoms with Crippen molar-refractivity contribution in [2.75, 3.05) is 13.7 Å². The standard InChI is InChI=1S/C21H26F3NO6S/c1-14-12-19(31-32(27,28)21(22,23)24)18(25(14)20(26)29-2)13-30-17-10-8-16(9-11-17)15-6-4-3-5-7-15/h3-7,12,14,16-18H,8-11,13H2,1-2H3/t14-,16-,17+,18+/m1/s1. The molecule has 1 aliphatic carbocycles. The summed E-state index contributed by atoms with van der Waals surface area (Å²) in [6, 6.07) is 8.21. The number of halogens is 3. The van der Waals surface area contributed by atoms with Crippen molar-refractivity contribution in [3.05, 3.63) is 47.7 Å². The first-order valence-corrected chi connectivity index (χ1v) is 11.7. The Morgan fingerprint density at radius 3 is 2.31 bits per heavy atom. The average Bonchev–Trinajstić information content (AvgIpc) is 3.06. The predicted molar refractivity (Wildman–Crippen MR) is 109 cm³/mol. The molecule has 11 heteroatoms. The Morgan fingerprint density at radius 2 is 1.75 bits per heavy atom. The molecule has 7 nitrogen and oxygen atoms in total. The maximum atomic E-state index is 12.8. The summed E-state index contributed by atoms with van der Waals surface area (Å²) < 4.78 is 76.4. The normalized spacial score (nSPS) is 26.5. The Labute approximate surface area is 185 Å². The topological polar surface area (TPSA) is 82.1 Å². The number of nitrogens with zero attached hydrogens (tertiary/aromatic N) is 1. The first-order valence-electron chi connectivity index (χ1n) is 10.3. The van der Waals surface area contributed by atoms with E-state index >= 15 is 0 Å². The van der Waals surface area contributed by atoms with E-state index in [4.69, 9.17) is 9.47 Å². The van der Waals surface area contributed by atoms with Crippen LogP contribution in [0.3, 0.4) is 0 Å². The number of ether oxygens (including phenoxy) is 2. The summed E-state index contributed by atoms with van der Waals surface area (Å²) >= 11 is 0. The van der Waals surface area contributed by atoms with Crippen LogP contribution in [0.4, 0.5) is 18.0 Å². The Kier molecular flexibility index (Phi) is 7.39. The molecule has 2 atom stereocenters. The van der Waals surface area contributed by atoms with Crippen LogP contribution in [0, 0.1) is 0 Å². The molecule has 1 heterocycles. The summed E-state index contributed by atoms with van der Waals surface area (Å²) in [6.07, 6.45) is 3.42. The Hall–Kier alpha value is -2.27. The third-order valence-electron chi connectivity index (χ3n) is 5.82. The highest BCUT2D eigenvalue weighted by atomic mass is 32.2. The van der Waals surface area contributed by atoms with Gasteiger partial charge in [-0.15, -0.1) is 0 Å². The lowest BCUT2D eigenvalue weighted by atomic mass is 9.83. The molecule has 1 fully saturated rings. The van der Waals surface area contributed by atoms with Gasteiger partial charge in [-0.25, -0.2) is 4.79 Å². The van der Waals surface area contributed by atoms with Crippen molar-refractivity contribution in [1.29, 1.82) is 0 Å². The number of amides is 1. The number of rotatable bonds is 6. The van der Waals surface area contributed by atoms with Crippen molar-refractivity contribution in [3.8, 4) is 0 Å². The number of benzene rings is 1. The molecule has 32 heavy (non-hydrogen) atoms. The molecule has 0 N–H and O–H groups in total. The maximum absolute atomic E-state index is 12.8. The molecule has 0 bridgehead atoms. The monoisotopic (exact) mass is 477 g/mol. The van der Waals surface area contributed by atoms with E-state index in [-0.39, 0.29) is 12.7 Å². The van der Waals surface area contributed by atoms with E-state index in [0.29, 0.717) is 5.92 Å². The van der Waals surface area contributed by atoms with E-state index < -0.39 is 39.6 Å². The second-order valence-electron chi connectivity index (χ2n) is 7.90. The van der Waals surface area contributed by atoms with Crippen molar-refractivity contribution in [1.82, 2.24) is 4.90 Å². The molecule has 0 unspecified atom stereocenters. The number of hydrogen-bond donors (Lipinski definition) is 0. The second kappa shape index (κ2) is 9.70. The summed E-state index contributed by atoms with van der Waals surface area (Å²) in [5.41, 5.74) is -4.33. The SMILES string of the molecule is COC(=O)N1[C@H](C)C=C(OS(=O)(=O)C(F)(F)F)[C@@H]1CO[C@H]1CC[C@@H](c2ccccc2)CC1. The summed E-state index contributed by atoms with van der Waals surface area (Å²) in [6.45, 7) is 1.31. The van der Waals surface area contributed by atoms with Crippen LogP contribution in [0.25, 0.3) is 0 Å². The molecule has 0 saturated heterocycles. The largest absolute Gasteiger partial charge is 0.534 e. The zero-order valence-corrected chi connectivity index (χ0v) is 18.6. The smallest absolute Gasteiger partial charge is 0.453 e. The van der Waals surface area contributed by atoms with Gasteiger partial charge in [0.05, 0.1) is 25.9 Å². The number of alkyl halides is 3. The second-order valence-corrected chi connectivity index (χ2v) is 9.44. The molecule has 1 aliphatic heterocycles. The highest BCUT2D eigenvalue weighted by Crippen LogP contribution is 2.36. The zero-order chi connectivity index (χ0) is 23.5. The van der Waals surface area contributed by atoms with Gasteiger partial charge in [0.25, 0.3) is 0 Å². The van der Waals surface area contributed by atoms with Gasteiger partial charge < -0.3 is 13.7 Å². The van der Waals surface area contributed by atoms with Gasteiger partial charge in [0.1, 0.15) is 11.8 Å². The summed E-state index contributed by atoms with van der Waals surface area (Å²) in [4.78, 5) is 13.3. The summed E-state index contributed by atoms with van der Waals surface area (Å²) in [7, 11) is -4.75. The lowest BCUT2D eigenvalue weighted by Gasteiger charge is -2.32. The third kappa shape index (κ3) is 5.37. The molecule has 1 aromatic carbocycles. The van der Waals surface area contributed by atoms with E-state index in [9.17, 15) is 26.4 Å². The van der Waals surface area contributed by atoms with Crippen LogP contribution in [-0.4, -0.2) is 56.8 Å². The summed E-state index contributed by atoms with van der Waals surface area (Å²) in [5, 5.41) is 0. The lowest BCUT2D eigenvalue weighted by Crippen LogP contribution is -2.45. The van der Waals surface area contributed by atoms with Gasteiger partial charge in [-0.3, -0.25) is 4.90 Å². The molecule has 0 radical (unpaired) electrons. The number of carbonyl (C=O) groups is 1. The fraction of sp³-hybridized carbons (Fsp3) is 0.571. The summed E-state index contributed by atoms with van der Waals surface area (Å²) in [5.74, 6) is -0.0944. The number of hydrogen-bond acceptors (Lipinski definition) is 6. The molecule has 178 valence electrons. The van der Waals surface area contributed by atoms with Crippen LogP contribution >= 0.6 is 0 Å². The number of carbonyl (C=O) groups excluding carboxylic acids is 1. The van der Waals surface area contributed by atoms with Gasteiger partial charge in [0.2, 0.25) is 0 Å². The van der Waals surface area contributed by atoms with E-state index in [2.05, 4.69) is 16.3 Å². The lowest BCUT2D eigenvalue weighted by molar-refractivity contribution is -0.0536. The third-order valence-corrected chi connectivity index (χ3v) is 6.80. The van der Waals surface area contributed by atoms with Crippen LogP contribution in [-0.2, 0) is 23.8 Å². The Morgan fingerprint density at radius 1 is 1.12 bits per heavy atom. The molecule has 1 amide bonds. The van der Waals surface area contributed by atoms with Crippen LogP contribution in [0.2, 0.25) is 0 Å². The Bertz CT molecular complexity index is 927. The first-order chi connectivity index (χ1) is 15.0. The van der Waals surface area contributed by atoms with Crippen molar-refractivity contribution < 1.29 is 40.0 Å². The average molecular weight is 478 g/mol. The highest BCUT2D eigenvalue weighted by Gasteiger charge is 2.51. The van der Waals surface area contributed by atoms with E-state index in [1.165, 1.54) is 12.5 Å². The molecular weight excluding hydrogens is 451 g/mol. The van der Waals surface area contributed by atoms with Crippen molar-refractivity contribution >= 4 is 16.2 Å². The molecule has 0 spiro atoms. The first kappa shape index (κ1) is 24.4. The molecule has 0 aromatic heterocycles. The Balaban J connectivity index is 1.66. The van der Waals surface area contributed by atoms with Crippen molar-refractivity contribution in [2.24, 2.45) is 0 Å². The van der Waals surface area contributed by atoms with Gasteiger partial charge in [-0.05, 0) is 50.2 Å². The van der Waals surface area contributed by atoms with E-state index in [1.54, 1.807) is 0 Å². The fourth-order valence-corrected chi connectivity index (χ4v) is 4.70. The van der Waals surface area contributed by atoms with Gasteiger partial charge in [0.15, 0.2) is 0 Å². The predicted octanol–water partition coefficient (Wildman–Crippen LogP) is 4.32. The molecule has 1 saturated carbocycles. The molecule has 3 rings (SSSR count). The van der Waals surface area contributed by atoms with Crippen LogP contribution in [0.5, 0.6) is 0 Å². The minimum Gasteiger partial charge on any atom is -0.453 e. The van der Waals surface area contributed by atoms with Crippen LogP contribution < -0.4 is 0 Å². The van der Waals surface area contributed by atoms with Crippen molar-refractivity contribution in [3.63, 3.8) is 0 Å². The molecule has 1 aromatic rings. The minimum atomic E-state index is -5.88. The minimum absolute atomic E-state index is 0.161. The molecule has 2 aliphatic rings. The van der Waals surface area contributed by atoms with Gasteiger partial charge >= 0.3 is 21.7 Å². The van der Waals surface area contributed by atoms with Crippen molar-refractivity contribution in [2.45, 2.75) is 62.2 Å². The number of methoxy groups -OCH3 is 1. The quantitative estimate of drug-likeness (QED) is 0.448. The van der Waals surface area contributed by atoms with Gasteiger partial charge in [-0.1, -0.05) is 30.3 Å².